The van der Waals surface area contributed by atoms with Crippen molar-refractivity contribution >= 4 is 17.1 Å². The predicted molar refractivity (Wildman–Crippen MR) is 93.8 cm³/mol. The average molecular weight is 306 g/mol. The van der Waals surface area contributed by atoms with Gasteiger partial charge in [-0.2, -0.15) is 0 Å². The first kappa shape index (κ1) is 14.7. The fourth-order valence-electron chi connectivity index (χ4n) is 2.88. The van der Waals surface area contributed by atoms with E-state index in [4.69, 9.17) is 0 Å². The highest BCUT2D eigenvalue weighted by atomic mass is 32.1. The molecule has 22 heavy (non-hydrogen) atoms. The van der Waals surface area contributed by atoms with Crippen LogP contribution in [0.3, 0.4) is 0 Å². The molecular weight excluding hydrogens is 288 g/mol. The van der Waals surface area contributed by atoms with Crippen molar-refractivity contribution in [3.8, 4) is 10.4 Å². The highest BCUT2D eigenvalue weighted by Crippen LogP contribution is 2.30. The molecule has 0 amide bonds. The molecule has 0 aliphatic heterocycles. The summed E-state index contributed by atoms with van der Waals surface area (Å²) in [4.78, 5) is 14.8. The first-order valence-electron chi connectivity index (χ1n) is 7.34. The summed E-state index contributed by atoms with van der Waals surface area (Å²) in [5.74, 6) is 0.127. The molecule has 0 aliphatic rings. The van der Waals surface area contributed by atoms with Gasteiger partial charge in [-0.15, -0.1) is 11.3 Å². The van der Waals surface area contributed by atoms with Crippen LogP contribution in [0, 0.1) is 20.8 Å². The van der Waals surface area contributed by atoms with Crippen LogP contribution in [-0.4, -0.2) is 5.78 Å². The molecule has 0 spiro atoms. The highest BCUT2D eigenvalue weighted by molar-refractivity contribution is 7.17. The van der Waals surface area contributed by atoms with Gasteiger partial charge in [-0.25, -0.2) is 0 Å². The van der Waals surface area contributed by atoms with Gasteiger partial charge in [0, 0.05) is 10.4 Å². The molecule has 0 radical (unpaired) electrons. The molecule has 2 heteroatoms. The number of benzene rings is 2. The summed E-state index contributed by atoms with van der Waals surface area (Å²) in [6.45, 7) is 6.09. The monoisotopic (exact) mass is 306 g/mol. The Morgan fingerprint density at radius 1 is 0.864 bits per heavy atom. The number of rotatable bonds is 3. The van der Waals surface area contributed by atoms with Crippen LogP contribution >= 0.6 is 11.3 Å². The van der Waals surface area contributed by atoms with Crippen molar-refractivity contribution in [1.29, 1.82) is 0 Å². The van der Waals surface area contributed by atoms with E-state index in [1.54, 1.807) is 11.3 Å². The van der Waals surface area contributed by atoms with Crippen LogP contribution in [-0.2, 0) is 0 Å². The molecule has 0 N–H and O–H groups in total. The summed E-state index contributed by atoms with van der Waals surface area (Å²) in [6.07, 6.45) is 0. The summed E-state index contributed by atoms with van der Waals surface area (Å²) in [5.41, 5.74) is 5.30. The third kappa shape index (κ3) is 2.75. The van der Waals surface area contributed by atoms with Gasteiger partial charge in [-0.1, -0.05) is 48.0 Å². The number of carbonyl (C=O) groups is 1. The molecule has 1 heterocycles. The normalized spacial score (nSPS) is 10.7. The Balaban J connectivity index is 1.99. The molecule has 0 saturated carbocycles. The van der Waals surface area contributed by atoms with Crippen LogP contribution in [0.5, 0.6) is 0 Å². The second-order valence-corrected chi connectivity index (χ2v) is 6.72. The Morgan fingerprint density at radius 2 is 1.50 bits per heavy atom. The fourth-order valence-corrected chi connectivity index (χ4v) is 3.84. The van der Waals surface area contributed by atoms with E-state index in [9.17, 15) is 4.79 Å². The van der Waals surface area contributed by atoms with Crippen molar-refractivity contribution in [1.82, 2.24) is 0 Å². The average Bonchev–Trinajstić information content (AvgIpc) is 2.97. The number of hydrogen-bond donors (Lipinski definition) is 0. The van der Waals surface area contributed by atoms with E-state index in [1.165, 1.54) is 5.56 Å². The zero-order valence-corrected chi connectivity index (χ0v) is 13.8. The minimum absolute atomic E-state index is 0.127. The van der Waals surface area contributed by atoms with Crippen molar-refractivity contribution in [2.45, 2.75) is 20.8 Å². The Kier molecular flexibility index (Phi) is 3.95. The van der Waals surface area contributed by atoms with E-state index in [0.717, 1.165) is 32.0 Å². The van der Waals surface area contributed by atoms with Crippen molar-refractivity contribution in [2.75, 3.05) is 0 Å². The van der Waals surface area contributed by atoms with Gasteiger partial charge in [0.2, 0.25) is 5.78 Å². The maximum Gasteiger partial charge on any atom is 0.203 e. The van der Waals surface area contributed by atoms with Crippen molar-refractivity contribution in [2.24, 2.45) is 0 Å². The summed E-state index contributed by atoms with van der Waals surface area (Å²) in [7, 11) is 0. The zero-order chi connectivity index (χ0) is 15.7. The lowest BCUT2D eigenvalue weighted by Crippen LogP contribution is -2.05. The first-order chi connectivity index (χ1) is 10.6. The molecule has 2 aromatic carbocycles. The summed E-state index contributed by atoms with van der Waals surface area (Å²) in [6, 6.07) is 18.3. The standard InChI is InChI=1S/C20H18OS/c1-13-11-14(2)19(15(3)12-13)20(21)18-10-9-17(22-18)16-7-5-4-6-8-16/h4-12H,1-3H3. The Morgan fingerprint density at radius 3 is 2.14 bits per heavy atom. The molecule has 1 aromatic heterocycles. The van der Waals surface area contributed by atoms with Gasteiger partial charge >= 0.3 is 0 Å². The van der Waals surface area contributed by atoms with E-state index in [1.807, 2.05) is 44.2 Å². The number of carbonyl (C=O) groups excluding carboxylic acids is 1. The SMILES string of the molecule is Cc1cc(C)c(C(=O)c2ccc(-c3ccccc3)s2)c(C)c1. The Hall–Kier alpha value is -2.19. The smallest absolute Gasteiger partial charge is 0.203 e. The highest BCUT2D eigenvalue weighted by Gasteiger charge is 2.17. The topological polar surface area (TPSA) is 17.1 Å². The minimum Gasteiger partial charge on any atom is -0.288 e. The predicted octanol–water partition coefficient (Wildman–Crippen LogP) is 5.57. The second-order valence-electron chi connectivity index (χ2n) is 5.63. The molecule has 1 nitrogen and oxygen atoms in total. The molecule has 3 aromatic rings. The van der Waals surface area contributed by atoms with Gasteiger partial charge < -0.3 is 0 Å². The van der Waals surface area contributed by atoms with E-state index in [-0.39, 0.29) is 5.78 Å². The maximum absolute atomic E-state index is 12.9. The lowest BCUT2D eigenvalue weighted by atomic mass is 9.96. The van der Waals surface area contributed by atoms with E-state index < -0.39 is 0 Å². The van der Waals surface area contributed by atoms with Crippen LogP contribution in [0.15, 0.2) is 54.6 Å². The molecule has 0 saturated heterocycles. The van der Waals surface area contributed by atoms with Gasteiger partial charge in [-0.3, -0.25) is 4.79 Å². The van der Waals surface area contributed by atoms with Crippen LogP contribution in [0.2, 0.25) is 0 Å². The molecule has 0 fully saturated rings. The van der Waals surface area contributed by atoms with Crippen molar-refractivity contribution < 1.29 is 4.79 Å². The molecule has 3 rings (SSSR count). The van der Waals surface area contributed by atoms with Gasteiger partial charge in [-0.05, 0) is 49.6 Å². The quantitative estimate of drug-likeness (QED) is 0.578. The Bertz CT molecular complexity index is 805. The van der Waals surface area contributed by atoms with Gasteiger partial charge in [0.1, 0.15) is 0 Å². The van der Waals surface area contributed by atoms with Crippen molar-refractivity contribution in [3.63, 3.8) is 0 Å². The Labute approximate surface area is 135 Å². The molecule has 0 bridgehead atoms. The number of hydrogen-bond acceptors (Lipinski definition) is 2. The minimum atomic E-state index is 0.127. The van der Waals surface area contributed by atoms with Gasteiger partial charge in [0.15, 0.2) is 0 Å². The van der Waals surface area contributed by atoms with E-state index in [2.05, 4.69) is 31.2 Å². The number of thiophene rings is 1. The van der Waals surface area contributed by atoms with E-state index >= 15 is 0 Å². The lowest BCUT2D eigenvalue weighted by Gasteiger charge is -2.09. The zero-order valence-electron chi connectivity index (χ0n) is 13.0. The van der Waals surface area contributed by atoms with Crippen LogP contribution in [0.25, 0.3) is 10.4 Å². The summed E-state index contributed by atoms with van der Waals surface area (Å²) in [5, 5.41) is 0. The van der Waals surface area contributed by atoms with Crippen LogP contribution in [0.1, 0.15) is 31.9 Å². The van der Waals surface area contributed by atoms with Crippen LogP contribution in [0.4, 0.5) is 0 Å². The van der Waals surface area contributed by atoms with Gasteiger partial charge in [0.05, 0.1) is 4.88 Å². The van der Waals surface area contributed by atoms with Gasteiger partial charge in [0.25, 0.3) is 0 Å². The third-order valence-corrected chi connectivity index (χ3v) is 4.93. The number of aryl methyl sites for hydroxylation is 3. The first-order valence-corrected chi connectivity index (χ1v) is 8.15. The third-order valence-electron chi connectivity index (χ3n) is 3.79. The largest absolute Gasteiger partial charge is 0.288 e. The summed E-state index contributed by atoms with van der Waals surface area (Å²) >= 11 is 1.56. The molecule has 110 valence electrons. The summed E-state index contributed by atoms with van der Waals surface area (Å²) < 4.78 is 0. The molecule has 0 unspecified atom stereocenters. The molecule has 0 atom stereocenters. The fraction of sp³-hybridized carbons (Fsp3) is 0.150. The molecular formula is C20H18OS. The second kappa shape index (κ2) is 5.90. The van der Waals surface area contributed by atoms with Crippen molar-refractivity contribution in [3.05, 3.63) is 81.7 Å². The molecule has 0 aliphatic carbocycles. The lowest BCUT2D eigenvalue weighted by molar-refractivity contribution is 0.104. The van der Waals surface area contributed by atoms with E-state index in [0.29, 0.717) is 0 Å². The maximum atomic E-state index is 12.9. The van der Waals surface area contributed by atoms with Crippen LogP contribution < -0.4 is 0 Å². The number of ketones is 1.